The monoisotopic (exact) mass is 253 g/mol. The molecule has 1 nitrogen and oxygen atoms in total. The maximum Gasteiger partial charge on any atom is 0.0289 e. The highest BCUT2D eigenvalue weighted by atomic mass is 14.8. The molecule has 0 radical (unpaired) electrons. The Hall–Kier alpha value is -1.60. The Morgan fingerprint density at radius 1 is 0.684 bits per heavy atom. The van der Waals surface area contributed by atoms with Gasteiger partial charge in [-0.2, -0.15) is 0 Å². The van der Waals surface area contributed by atoms with Crippen LogP contribution >= 0.6 is 0 Å². The van der Waals surface area contributed by atoms with E-state index < -0.39 is 0 Å². The minimum atomic E-state index is 0.400. The van der Waals surface area contributed by atoms with Gasteiger partial charge >= 0.3 is 0 Å². The summed E-state index contributed by atoms with van der Waals surface area (Å²) in [5.74, 6) is 0.591. The zero-order chi connectivity index (χ0) is 13.8. The largest absolute Gasteiger partial charge is 0.313 e. The molecule has 0 aromatic heterocycles. The van der Waals surface area contributed by atoms with Crippen molar-refractivity contribution in [1.29, 1.82) is 0 Å². The van der Waals surface area contributed by atoms with Crippen molar-refractivity contribution in [1.82, 2.24) is 5.32 Å². The van der Waals surface area contributed by atoms with Gasteiger partial charge < -0.3 is 5.32 Å². The third-order valence-corrected chi connectivity index (χ3v) is 3.75. The fraction of sp³-hybridized carbons (Fsp3) is 0.333. The van der Waals surface area contributed by atoms with E-state index in [4.69, 9.17) is 0 Å². The van der Waals surface area contributed by atoms with Crippen molar-refractivity contribution in [3.63, 3.8) is 0 Å². The predicted molar refractivity (Wildman–Crippen MR) is 83.4 cm³/mol. The van der Waals surface area contributed by atoms with Crippen LogP contribution in [0.5, 0.6) is 0 Å². The van der Waals surface area contributed by atoms with Crippen LogP contribution in [0.2, 0.25) is 0 Å². The minimum absolute atomic E-state index is 0.400. The normalized spacial score (nSPS) is 12.7. The van der Waals surface area contributed by atoms with Crippen LogP contribution in [0.1, 0.15) is 43.9 Å². The van der Waals surface area contributed by atoms with E-state index in [2.05, 4.69) is 74.6 Å². The van der Waals surface area contributed by atoms with Crippen LogP contribution in [0.15, 0.2) is 48.5 Å². The topological polar surface area (TPSA) is 12.0 Å². The van der Waals surface area contributed by atoms with Crippen molar-refractivity contribution in [3.05, 3.63) is 59.7 Å². The van der Waals surface area contributed by atoms with Crippen molar-refractivity contribution in [2.75, 3.05) is 7.05 Å². The standard InChI is InChI=1S/C18H23N/c1-13(2)15-5-9-17(10-6-15)18-11-7-16(8-12-18)14(3)19-4/h5-14,19H,1-4H3. The van der Waals surface area contributed by atoms with E-state index in [1.165, 1.54) is 22.3 Å². The smallest absolute Gasteiger partial charge is 0.0289 e. The van der Waals surface area contributed by atoms with E-state index >= 15 is 0 Å². The molecule has 0 amide bonds. The molecule has 0 aliphatic carbocycles. The average molecular weight is 253 g/mol. The van der Waals surface area contributed by atoms with E-state index in [1.807, 2.05) is 7.05 Å². The molecule has 2 rings (SSSR count). The quantitative estimate of drug-likeness (QED) is 0.828. The fourth-order valence-electron chi connectivity index (χ4n) is 2.19. The molecule has 0 fully saturated rings. The lowest BCUT2D eigenvalue weighted by molar-refractivity contribution is 0.652. The zero-order valence-electron chi connectivity index (χ0n) is 12.3. The Morgan fingerprint density at radius 2 is 1.11 bits per heavy atom. The Bertz CT molecular complexity index is 508. The Kier molecular flexibility index (Phi) is 4.39. The maximum absolute atomic E-state index is 3.26. The summed E-state index contributed by atoms with van der Waals surface area (Å²) in [6.45, 7) is 6.62. The van der Waals surface area contributed by atoms with E-state index in [-0.39, 0.29) is 0 Å². The summed E-state index contributed by atoms with van der Waals surface area (Å²) in [7, 11) is 1.99. The lowest BCUT2D eigenvalue weighted by atomic mass is 9.97. The van der Waals surface area contributed by atoms with Crippen molar-refractivity contribution < 1.29 is 0 Å². The van der Waals surface area contributed by atoms with Gasteiger partial charge in [-0.05, 0) is 42.1 Å². The molecular weight excluding hydrogens is 230 g/mol. The number of hydrogen-bond acceptors (Lipinski definition) is 1. The van der Waals surface area contributed by atoms with Crippen LogP contribution in [-0.4, -0.2) is 7.05 Å². The van der Waals surface area contributed by atoms with Gasteiger partial charge in [0.2, 0.25) is 0 Å². The first kappa shape index (κ1) is 13.8. The van der Waals surface area contributed by atoms with Crippen LogP contribution < -0.4 is 5.32 Å². The second-order valence-electron chi connectivity index (χ2n) is 5.41. The van der Waals surface area contributed by atoms with Crippen LogP contribution in [-0.2, 0) is 0 Å². The first-order chi connectivity index (χ1) is 9.11. The molecule has 2 aromatic carbocycles. The van der Waals surface area contributed by atoms with Crippen molar-refractivity contribution in [3.8, 4) is 11.1 Å². The molecule has 19 heavy (non-hydrogen) atoms. The summed E-state index contributed by atoms with van der Waals surface area (Å²) in [5, 5.41) is 3.26. The van der Waals surface area contributed by atoms with Gasteiger partial charge in [0, 0.05) is 6.04 Å². The molecular formula is C18H23N. The van der Waals surface area contributed by atoms with Crippen molar-refractivity contribution >= 4 is 0 Å². The molecule has 100 valence electrons. The summed E-state index contributed by atoms with van der Waals surface area (Å²) in [5.41, 5.74) is 5.28. The van der Waals surface area contributed by atoms with Gasteiger partial charge in [-0.25, -0.2) is 0 Å². The summed E-state index contributed by atoms with van der Waals surface area (Å²) in [6, 6.07) is 18.1. The van der Waals surface area contributed by atoms with E-state index in [1.54, 1.807) is 0 Å². The van der Waals surface area contributed by atoms with Gasteiger partial charge in [-0.15, -0.1) is 0 Å². The molecule has 1 atom stereocenters. The van der Waals surface area contributed by atoms with Crippen LogP contribution in [0.25, 0.3) is 11.1 Å². The number of benzene rings is 2. The second kappa shape index (κ2) is 6.03. The predicted octanol–water partition coefficient (Wildman–Crippen LogP) is 4.76. The molecule has 0 spiro atoms. The van der Waals surface area contributed by atoms with Crippen LogP contribution in [0.4, 0.5) is 0 Å². The first-order valence-electron chi connectivity index (χ1n) is 6.99. The van der Waals surface area contributed by atoms with Gasteiger partial charge in [0.05, 0.1) is 0 Å². The average Bonchev–Trinajstić information content (AvgIpc) is 2.46. The molecule has 0 aliphatic rings. The Morgan fingerprint density at radius 3 is 1.47 bits per heavy atom. The molecule has 1 N–H and O–H groups in total. The van der Waals surface area contributed by atoms with Gasteiger partial charge in [0.25, 0.3) is 0 Å². The molecule has 1 heteroatoms. The second-order valence-corrected chi connectivity index (χ2v) is 5.41. The van der Waals surface area contributed by atoms with Gasteiger partial charge in [-0.1, -0.05) is 62.4 Å². The van der Waals surface area contributed by atoms with Crippen molar-refractivity contribution in [2.24, 2.45) is 0 Å². The van der Waals surface area contributed by atoms with Gasteiger partial charge in [0.15, 0.2) is 0 Å². The number of hydrogen-bond donors (Lipinski definition) is 1. The molecule has 0 bridgehead atoms. The highest BCUT2D eigenvalue weighted by Gasteiger charge is 2.04. The highest BCUT2D eigenvalue weighted by molar-refractivity contribution is 5.64. The summed E-state index contributed by atoms with van der Waals surface area (Å²) < 4.78 is 0. The lowest BCUT2D eigenvalue weighted by Gasteiger charge is -2.12. The lowest BCUT2D eigenvalue weighted by Crippen LogP contribution is -2.11. The Labute approximate surface area is 116 Å². The van der Waals surface area contributed by atoms with E-state index in [0.717, 1.165) is 0 Å². The first-order valence-corrected chi connectivity index (χ1v) is 6.99. The summed E-state index contributed by atoms with van der Waals surface area (Å²) in [6.07, 6.45) is 0. The van der Waals surface area contributed by atoms with Crippen LogP contribution in [0.3, 0.4) is 0 Å². The molecule has 1 unspecified atom stereocenters. The zero-order valence-corrected chi connectivity index (χ0v) is 12.3. The summed E-state index contributed by atoms with van der Waals surface area (Å²) in [4.78, 5) is 0. The van der Waals surface area contributed by atoms with Crippen molar-refractivity contribution in [2.45, 2.75) is 32.7 Å². The third-order valence-electron chi connectivity index (χ3n) is 3.75. The number of nitrogens with one attached hydrogen (secondary N) is 1. The molecule has 2 aromatic rings. The van der Waals surface area contributed by atoms with Gasteiger partial charge in [-0.3, -0.25) is 0 Å². The van der Waals surface area contributed by atoms with Crippen LogP contribution in [0, 0.1) is 0 Å². The molecule has 0 aliphatic heterocycles. The Balaban J connectivity index is 2.22. The maximum atomic E-state index is 3.26. The third kappa shape index (κ3) is 3.24. The molecule has 0 saturated heterocycles. The summed E-state index contributed by atoms with van der Waals surface area (Å²) >= 11 is 0. The van der Waals surface area contributed by atoms with Gasteiger partial charge in [0.1, 0.15) is 0 Å². The SMILES string of the molecule is CNC(C)c1ccc(-c2ccc(C(C)C)cc2)cc1. The molecule has 0 heterocycles. The van der Waals surface area contributed by atoms with E-state index in [9.17, 15) is 0 Å². The number of rotatable bonds is 4. The highest BCUT2D eigenvalue weighted by Crippen LogP contribution is 2.24. The fourth-order valence-corrected chi connectivity index (χ4v) is 2.19. The minimum Gasteiger partial charge on any atom is -0.313 e. The molecule has 0 saturated carbocycles. The van der Waals surface area contributed by atoms with E-state index in [0.29, 0.717) is 12.0 Å².